The van der Waals surface area contributed by atoms with Gasteiger partial charge in [0.1, 0.15) is 6.29 Å². The van der Waals surface area contributed by atoms with Crippen molar-refractivity contribution in [3.63, 3.8) is 0 Å². The minimum absolute atomic E-state index is 0.419. The first-order valence-corrected chi connectivity index (χ1v) is 8.53. The second-order valence-corrected chi connectivity index (χ2v) is 6.70. The van der Waals surface area contributed by atoms with Crippen molar-refractivity contribution in [1.29, 1.82) is 0 Å². The predicted octanol–water partition coefficient (Wildman–Crippen LogP) is 5.18. The van der Waals surface area contributed by atoms with Crippen LogP contribution in [0, 0.1) is 12.8 Å². The van der Waals surface area contributed by atoms with Crippen molar-refractivity contribution in [3.05, 3.63) is 83.5 Å². The highest BCUT2D eigenvalue weighted by molar-refractivity contribution is 5.80. The number of anilines is 2. The van der Waals surface area contributed by atoms with E-state index in [1.165, 1.54) is 22.5 Å². The Balaban J connectivity index is 1.76. The van der Waals surface area contributed by atoms with Gasteiger partial charge in [-0.1, -0.05) is 42.0 Å². The summed E-state index contributed by atoms with van der Waals surface area (Å²) in [5, 5.41) is 0. The van der Waals surface area contributed by atoms with Gasteiger partial charge in [0.2, 0.25) is 0 Å². The summed E-state index contributed by atoms with van der Waals surface area (Å²) in [6, 6.07) is 14.8. The standard InChI is InChI=1S/C22H21NO/c1-16-7-10-19(11-8-16)23-14-21(18-5-3-2-4-6-18)20-13-17(15-24)9-12-22(20)23/h2-5,7-13,15,18,21H,6,14H2,1H3. The second-order valence-electron chi connectivity index (χ2n) is 6.70. The molecule has 2 atom stereocenters. The van der Waals surface area contributed by atoms with E-state index in [0.29, 0.717) is 11.8 Å². The second kappa shape index (κ2) is 6.12. The fourth-order valence-corrected chi connectivity index (χ4v) is 3.82. The number of aryl methyl sites for hydroxylation is 1. The molecule has 0 N–H and O–H groups in total. The van der Waals surface area contributed by atoms with E-state index < -0.39 is 0 Å². The van der Waals surface area contributed by atoms with Crippen LogP contribution in [0.4, 0.5) is 11.4 Å². The molecule has 1 aliphatic carbocycles. The van der Waals surface area contributed by atoms with Crippen molar-refractivity contribution in [2.45, 2.75) is 19.3 Å². The third kappa shape index (κ3) is 2.58. The zero-order chi connectivity index (χ0) is 16.5. The molecule has 0 spiro atoms. The zero-order valence-electron chi connectivity index (χ0n) is 13.9. The van der Waals surface area contributed by atoms with Gasteiger partial charge < -0.3 is 4.90 Å². The highest BCUT2D eigenvalue weighted by Crippen LogP contribution is 2.46. The molecule has 0 aromatic heterocycles. The number of hydrogen-bond donors (Lipinski definition) is 0. The lowest BCUT2D eigenvalue weighted by atomic mass is 9.83. The summed E-state index contributed by atoms with van der Waals surface area (Å²) in [4.78, 5) is 13.6. The molecule has 0 saturated carbocycles. The minimum Gasteiger partial charge on any atom is -0.341 e. The van der Waals surface area contributed by atoms with Crippen LogP contribution < -0.4 is 4.90 Å². The number of nitrogens with zero attached hydrogens (tertiary/aromatic N) is 1. The molecular weight excluding hydrogens is 294 g/mol. The van der Waals surface area contributed by atoms with E-state index in [2.05, 4.69) is 72.5 Å². The molecule has 2 unspecified atom stereocenters. The summed E-state index contributed by atoms with van der Waals surface area (Å²) < 4.78 is 0. The third-order valence-electron chi connectivity index (χ3n) is 5.13. The molecule has 2 nitrogen and oxygen atoms in total. The number of aldehydes is 1. The van der Waals surface area contributed by atoms with Gasteiger partial charge in [-0.05, 0) is 55.2 Å². The Hall–Kier alpha value is -2.61. The lowest BCUT2D eigenvalue weighted by Crippen LogP contribution is -2.20. The topological polar surface area (TPSA) is 20.3 Å². The van der Waals surface area contributed by atoms with Crippen LogP contribution in [-0.2, 0) is 0 Å². The lowest BCUT2D eigenvalue weighted by Gasteiger charge is -2.23. The quantitative estimate of drug-likeness (QED) is 0.728. The maximum Gasteiger partial charge on any atom is 0.150 e. The van der Waals surface area contributed by atoms with Crippen molar-refractivity contribution in [2.75, 3.05) is 11.4 Å². The number of allylic oxidation sites excluding steroid dienone is 4. The largest absolute Gasteiger partial charge is 0.341 e. The molecule has 1 aliphatic heterocycles. The molecule has 2 heteroatoms. The number of fused-ring (bicyclic) bond motifs is 1. The SMILES string of the molecule is Cc1ccc(N2CC(C3C=CC=CC3)c3cc(C=O)ccc32)cc1. The molecule has 2 aliphatic rings. The Kier molecular flexibility index (Phi) is 3.81. The molecule has 0 amide bonds. The van der Waals surface area contributed by atoms with E-state index in [0.717, 1.165) is 24.8 Å². The summed E-state index contributed by atoms with van der Waals surface area (Å²) in [5.74, 6) is 0.911. The number of hydrogen-bond acceptors (Lipinski definition) is 2. The Morgan fingerprint density at radius 1 is 1.08 bits per heavy atom. The highest BCUT2D eigenvalue weighted by atomic mass is 16.1. The van der Waals surface area contributed by atoms with E-state index in [1.54, 1.807) is 0 Å². The lowest BCUT2D eigenvalue weighted by molar-refractivity contribution is 0.112. The molecular formula is C22H21NO. The smallest absolute Gasteiger partial charge is 0.150 e. The number of carbonyl (C=O) groups is 1. The van der Waals surface area contributed by atoms with Crippen molar-refractivity contribution < 1.29 is 4.79 Å². The van der Waals surface area contributed by atoms with Crippen LogP contribution in [0.2, 0.25) is 0 Å². The van der Waals surface area contributed by atoms with Crippen LogP contribution in [0.15, 0.2) is 66.8 Å². The summed E-state index contributed by atoms with van der Waals surface area (Å²) in [7, 11) is 0. The van der Waals surface area contributed by atoms with Gasteiger partial charge in [0.15, 0.2) is 0 Å². The van der Waals surface area contributed by atoms with Gasteiger partial charge in [-0.25, -0.2) is 0 Å². The maximum atomic E-state index is 11.2. The normalized spacial score (nSPS) is 21.8. The van der Waals surface area contributed by atoms with Crippen molar-refractivity contribution >= 4 is 17.7 Å². The van der Waals surface area contributed by atoms with Crippen molar-refractivity contribution in [3.8, 4) is 0 Å². The Morgan fingerprint density at radius 2 is 1.92 bits per heavy atom. The van der Waals surface area contributed by atoms with E-state index in [-0.39, 0.29) is 0 Å². The highest BCUT2D eigenvalue weighted by Gasteiger charge is 2.34. The number of carbonyl (C=O) groups excluding carboxylic acids is 1. The van der Waals surface area contributed by atoms with Gasteiger partial charge in [-0.15, -0.1) is 0 Å². The average molecular weight is 315 g/mol. The van der Waals surface area contributed by atoms with E-state index >= 15 is 0 Å². The molecule has 0 radical (unpaired) electrons. The molecule has 120 valence electrons. The molecule has 1 heterocycles. The summed E-state index contributed by atoms with van der Waals surface area (Å²) in [6.45, 7) is 3.07. The summed E-state index contributed by atoms with van der Waals surface area (Å²) in [5.41, 5.74) is 5.78. The first-order chi connectivity index (χ1) is 11.8. The first-order valence-electron chi connectivity index (χ1n) is 8.53. The van der Waals surface area contributed by atoms with Gasteiger partial charge >= 0.3 is 0 Å². The monoisotopic (exact) mass is 315 g/mol. The molecule has 2 aromatic rings. The van der Waals surface area contributed by atoms with Crippen molar-refractivity contribution in [2.24, 2.45) is 5.92 Å². The Bertz CT molecular complexity index is 816. The van der Waals surface area contributed by atoms with Crippen molar-refractivity contribution in [1.82, 2.24) is 0 Å². The van der Waals surface area contributed by atoms with Gasteiger partial charge in [-0.2, -0.15) is 0 Å². The average Bonchev–Trinajstić information content (AvgIpc) is 3.02. The van der Waals surface area contributed by atoms with E-state index in [9.17, 15) is 4.79 Å². The molecule has 0 saturated heterocycles. The fraction of sp³-hybridized carbons (Fsp3) is 0.227. The summed E-state index contributed by atoms with van der Waals surface area (Å²) >= 11 is 0. The van der Waals surface area contributed by atoms with Gasteiger partial charge in [-0.3, -0.25) is 4.79 Å². The molecule has 0 bridgehead atoms. The molecule has 0 fully saturated rings. The fourth-order valence-electron chi connectivity index (χ4n) is 3.82. The first kappa shape index (κ1) is 14.9. The van der Waals surface area contributed by atoms with Crippen LogP contribution in [0.3, 0.4) is 0 Å². The Labute approximate surface area is 143 Å². The predicted molar refractivity (Wildman–Crippen MR) is 99.1 cm³/mol. The minimum atomic E-state index is 0.419. The number of benzene rings is 2. The summed E-state index contributed by atoms with van der Waals surface area (Å²) in [6.07, 6.45) is 10.8. The van der Waals surface area contributed by atoms with Crippen LogP contribution in [0.25, 0.3) is 0 Å². The van der Waals surface area contributed by atoms with E-state index in [1.807, 2.05) is 6.07 Å². The maximum absolute atomic E-state index is 11.2. The third-order valence-corrected chi connectivity index (χ3v) is 5.13. The molecule has 24 heavy (non-hydrogen) atoms. The molecule has 4 rings (SSSR count). The Morgan fingerprint density at radius 3 is 2.62 bits per heavy atom. The van der Waals surface area contributed by atoms with Gasteiger partial charge in [0.25, 0.3) is 0 Å². The van der Waals surface area contributed by atoms with Gasteiger partial charge in [0, 0.05) is 29.4 Å². The van der Waals surface area contributed by atoms with Crippen LogP contribution in [0.1, 0.15) is 33.8 Å². The van der Waals surface area contributed by atoms with Gasteiger partial charge in [0.05, 0.1) is 0 Å². The zero-order valence-corrected chi connectivity index (χ0v) is 13.9. The van der Waals surface area contributed by atoms with Crippen LogP contribution in [-0.4, -0.2) is 12.8 Å². The van der Waals surface area contributed by atoms with E-state index in [4.69, 9.17) is 0 Å². The number of rotatable bonds is 3. The van der Waals surface area contributed by atoms with Crippen LogP contribution >= 0.6 is 0 Å². The van der Waals surface area contributed by atoms with Crippen LogP contribution in [0.5, 0.6) is 0 Å². The molecule has 2 aromatic carbocycles.